The van der Waals surface area contributed by atoms with Gasteiger partial charge in [0.25, 0.3) is 0 Å². The predicted molar refractivity (Wildman–Crippen MR) is 83.2 cm³/mol. The molecule has 22 heavy (non-hydrogen) atoms. The molecule has 1 aromatic carbocycles. The van der Waals surface area contributed by atoms with Gasteiger partial charge in [-0.05, 0) is 24.3 Å². The van der Waals surface area contributed by atoms with Crippen LogP contribution >= 0.6 is 0 Å². The van der Waals surface area contributed by atoms with Crippen LogP contribution in [0.1, 0.15) is 5.56 Å². The quantitative estimate of drug-likeness (QED) is 0.627. The highest BCUT2D eigenvalue weighted by molar-refractivity contribution is 7.90. The van der Waals surface area contributed by atoms with E-state index in [-0.39, 0.29) is 4.90 Å². The van der Waals surface area contributed by atoms with Crippen molar-refractivity contribution < 1.29 is 8.42 Å². The Morgan fingerprint density at radius 2 is 1.95 bits per heavy atom. The molecular weight excluding hydrogens is 302 g/mol. The van der Waals surface area contributed by atoms with Crippen LogP contribution in [0.25, 0.3) is 5.69 Å². The molecule has 0 saturated carbocycles. The molecule has 0 amide bonds. The lowest BCUT2D eigenvalue weighted by Gasteiger charge is -2.07. The van der Waals surface area contributed by atoms with Crippen molar-refractivity contribution in [3.8, 4) is 11.8 Å². The first-order valence-electron chi connectivity index (χ1n) is 6.32. The average Bonchev–Trinajstić information content (AvgIpc) is 2.87. The minimum atomic E-state index is -3.25. The summed E-state index contributed by atoms with van der Waals surface area (Å²) in [6.07, 6.45) is 4.14. The zero-order chi connectivity index (χ0) is 16.3. The maximum Gasteiger partial charge on any atom is 0.175 e. The Bertz CT molecular complexity index is 842. The van der Waals surface area contributed by atoms with Gasteiger partial charge < -0.3 is 4.90 Å². The van der Waals surface area contributed by atoms with Crippen LogP contribution in [-0.4, -0.2) is 49.8 Å². The second kappa shape index (κ2) is 5.99. The second-order valence-electron chi connectivity index (χ2n) is 4.88. The summed E-state index contributed by atoms with van der Waals surface area (Å²) in [5.74, 6) is 0.392. The third-order valence-corrected chi connectivity index (χ3v) is 3.91. The Balaban J connectivity index is 2.49. The highest BCUT2D eigenvalue weighted by Gasteiger charge is 2.12. The standard InChI is InChI=1S/C14H15N5O2S/c1-18(2)10-16-14-11(8-15)9-17-19(14)12-4-6-13(7-5-12)22(3,20)21/h4-7,9-10H,1-3H3. The molecule has 2 aromatic rings. The van der Waals surface area contributed by atoms with E-state index < -0.39 is 9.84 Å². The number of nitriles is 1. The largest absolute Gasteiger partial charge is 0.369 e. The van der Waals surface area contributed by atoms with E-state index in [1.807, 2.05) is 20.2 Å². The fraction of sp³-hybridized carbons (Fsp3) is 0.214. The normalized spacial score (nSPS) is 11.5. The van der Waals surface area contributed by atoms with E-state index in [9.17, 15) is 8.42 Å². The van der Waals surface area contributed by atoms with Gasteiger partial charge in [-0.15, -0.1) is 0 Å². The third-order valence-electron chi connectivity index (χ3n) is 2.78. The van der Waals surface area contributed by atoms with E-state index in [4.69, 9.17) is 5.26 Å². The molecule has 0 spiro atoms. The zero-order valence-corrected chi connectivity index (χ0v) is 13.2. The molecule has 1 aromatic heterocycles. The lowest BCUT2D eigenvalue weighted by Crippen LogP contribution is -2.08. The Morgan fingerprint density at radius 3 is 2.45 bits per heavy atom. The van der Waals surface area contributed by atoms with Crippen molar-refractivity contribution in [3.05, 3.63) is 36.0 Å². The number of sulfone groups is 1. The highest BCUT2D eigenvalue weighted by Crippen LogP contribution is 2.23. The first-order chi connectivity index (χ1) is 10.3. The van der Waals surface area contributed by atoms with Gasteiger partial charge in [-0.25, -0.2) is 18.1 Å². The van der Waals surface area contributed by atoms with Crippen molar-refractivity contribution in [3.63, 3.8) is 0 Å². The number of nitrogens with zero attached hydrogens (tertiary/aromatic N) is 5. The first-order valence-corrected chi connectivity index (χ1v) is 8.21. The summed E-state index contributed by atoms with van der Waals surface area (Å²) >= 11 is 0. The number of hydrogen-bond acceptors (Lipinski definition) is 5. The lowest BCUT2D eigenvalue weighted by atomic mass is 10.3. The van der Waals surface area contributed by atoms with Gasteiger partial charge in [-0.2, -0.15) is 10.4 Å². The number of benzene rings is 1. The second-order valence-corrected chi connectivity index (χ2v) is 6.90. The first kappa shape index (κ1) is 15.7. The molecule has 1 heterocycles. The molecule has 0 aliphatic carbocycles. The summed E-state index contributed by atoms with van der Waals surface area (Å²) in [7, 11) is 0.382. The summed E-state index contributed by atoms with van der Waals surface area (Å²) in [5.41, 5.74) is 0.963. The van der Waals surface area contributed by atoms with Gasteiger partial charge in [0, 0.05) is 20.4 Å². The van der Waals surface area contributed by atoms with Gasteiger partial charge in [0.05, 0.1) is 23.1 Å². The Morgan fingerprint density at radius 1 is 1.32 bits per heavy atom. The highest BCUT2D eigenvalue weighted by atomic mass is 32.2. The molecule has 2 rings (SSSR count). The maximum atomic E-state index is 11.5. The molecule has 0 aliphatic heterocycles. The van der Waals surface area contributed by atoms with Crippen molar-refractivity contribution in [1.29, 1.82) is 5.26 Å². The smallest absolute Gasteiger partial charge is 0.175 e. The molecule has 0 N–H and O–H groups in total. The van der Waals surface area contributed by atoms with Gasteiger partial charge in [-0.3, -0.25) is 0 Å². The summed E-state index contributed by atoms with van der Waals surface area (Å²) in [4.78, 5) is 6.21. The van der Waals surface area contributed by atoms with Crippen LogP contribution in [0.4, 0.5) is 5.82 Å². The lowest BCUT2D eigenvalue weighted by molar-refractivity contribution is 0.602. The van der Waals surface area contributed by atoms with Crippen LogP contribution in [0.15, 0.2) is 40.4 Å². The van der Waals surface area contributed by atoms with Gasteiger partial charge in [0.1, 0.15) is 11.6 Å². The molecule has 8 heteroatoms. The molecule has 0 atom stereocenters. The van der Waals surface area contributed by atoms with E-state index in [1.165, 1.54) is 23.0 Å². The van der Waals surface area contributed by atoms with Crippen molar-refractivity contribution in [2.24, 2.45) is 4.99 Å². The molecule has 0 saturated heterocycles. The van der Waals surface area contributed by atoms with Crippen molar-refractivity contribution in [2.45, 2.75) is 4.90 Å². The van der Waals surface area contributed by atoms with E-state index >= 15 is 0 Å². The fourth-order valence-corrected chi connectivity index (χ4v) is 2.37. The van der Waals surface area contributed by atoms with Crippen LogP contribution in [-0.2, 0) is 9.84 Å². The molecule has 0 unspecified atom stereocenters. The molecule has 114 valence electrons. The molecule has 0 fully saturated rings. The van der Waals surface area contributed by atoms with Crippen LogP contribution in [0.5, 0.6) is 0 Å². The molecule has 7 nitrogen and oxygen atoms in total. The summed E-state index contributed by atoms with van der Waals surface area (Å²) in [6.45, 7) is 0. The van der Waals surface area contributed by atoms with Crippen molar-refractivity contribution in [1.82, 2.24) is 14.7 Å². The molecule has 0 radical (unpaired) electrons. The fourth-order valence-electron chi connectivity index (χ4n) is 1.74. The minimum Gasteiger partial charge on any atom is -0.369 e. The summed E-state index contributed by atoms with van der Waals surface area (Å²) in [6, 6.07) is 8.28. The topological polar surface area (TPSA) is 91.3 Å². The Labute approximate surface area is 129 Å². The monoisotopic (exact) mass is 317 g/mol. The van der Waals surface area contributed by atoms with E-state index in [0.29, 0.717) is 17.1 Å². The summed E-state index contributed by atoms with van der Waals surface area (Å²) in [5, 5.41) is 13.3. The van der Waals surface area contributed by atoms with Gasteiger partial charge >= 0.3 is 0 Å². The van der Waals surface area contributed by atoms with E-state index in [0.717, 1.165) is 6.26 Å². The summed E-state index contributed by atoms with van der Waals surface area (Å²) < 4.78 is 24.5. The molecule has 0 aliphatic rings. The van der Waals surface area contributed by atoms with Crippen LogP contribution < -0.4 is 0 Å². The number of rotatable bonds is 4. The predicted octanol–water partition coefficient (Wildman–Crippen LogP) is 1.37. The number of hydrogen-bond donors (Lipinski definition) is 0. The Hall–Kier alpha value is -2.66. The molecular formula is C14H15N5O2S. The van der Waals surface area contributed by atoms with Crippen LogP contribution in [0, 0.1) is 11.3 Å². The minimum absolute atomic E-state index is 0.224. The number of aromatic nitrogens is 2. The third kappa shape index (κ3) is 3.32. The van der Waals surface area contributed by atoms with Crippen molar-refractivity contribution in [2.75, 3.05) is 20.4 Å². The number of aliphatic imine (C=N–C) groups is 1. The van der Waals surface area contributed by atoms with Gasteiger partial charge in [0.2, 0.25) is 0 Å². The average molecular weight is 317 g/mol. The van der Waals surface area contributed by atoms with E-state index in [2.05, 4.69) is 10.1 Å². The maximum absolute atomic E-state index is 11.5. The Kier molecular flexibility index (Phi) is 4.28. The van der Waals surface area contributed by atoms with Crippen LogP contribution in [0.2, 0.25) is 0 Å². The zero-order valence-electron chi connectivity index (χ0n) is 12.4. The van der Waals surface area contributed by atoms with Gasteiger partial charge in [0.15, 0.2) is 15.7 Å². The van der Waals surface area contributed by atoms with E-state index in [1.54, 1.807) is 23.4 Å². The van der Waals surface area contributed by atoms with Gasteiger partial charge in [-0.1, -0.05) is 0 Å². The molecule has 0 bridgehead atoms. The van der Waals surface area contributed by atoms with Crippen LogP contribution in [0.3, 0.4) is 0 Å². The SMILES string of the molecule is CN(C)C=Nc1c(C#N)cnn1-c1ccc(S(C)(=O)=O)cc1. The van der Waals surface area contributed by atoms with Crippen molar-refractivity contribution >= 4 is 22.0 Å².